The third-order valence-electron chi connectivity index (χ3n) is 5.48. The summed E-state index contributed by atoms with van der Waals surface area (Å²) in [5.41, 5.74) is 1.52. The normalized spacial score (nSPS) is 34.3. The van der Waals surface area contributed by atoms with Gasteiger partial charge in [-0.2, -0.15) is 5.26 Å². The molecule has 1 spiro atoms. The number of esters is 1. The van der Waals surface area contributed by atoms with E-state index in [1.165, 1.54) is 12.8 Å². The summed E-state index contributed by atoms with van der Waals surface area (Å²) in [6.45, 7) is 1.08. The highest BCUT2D eigenvalue weighted by Gasteiger charge is 2.61. The van der Waals surface area contributed by atoms with Crippen LogP contribution < -0.4 is 0 Å². The first-order valence-electron chi connectivity index (χ1n) is 8.53. The predicted octanol–water partition coefficient (Wildman–Crippen LogP) is 2.47. The molecule has 0 radical (unpaired) electrons. The van der Waals surface area contributed by atoms with E-state index in [1.54, 1.807) is 6.08 Å². The van der Waals surface area contributed by atoms with Crippen molar-refractivity contribution in [2.75, 3.05) is 6.54 Å². The molecule has 4 heteroatoms. The third kappa shape index (κ3) is 2.21. The van der Waals surface area contributed by atoms with Gasteiger partial charge >= 0.3 is 5.97 Å². The molecule has 3 atom stereocenters. The number of rotatable bonds is 2. The summed E-state index contributed by atoms with van der Waals surface area (Å²) in [6.07, 6.45) is 10.4. The minimum Gasteiger partial charge on any atom is -0.449 e. The molecule has 0 saturated carbocycles. The van der Waals surface area contributed by atoms with E-state index in [1.807, 2.05) is 0 Å². The van der Waals surface area contributed by atoms with Crippen molar-refractivity contribution in [2.24, 2.45) is 0 Å². The number of carbonyl (C=O) groups is 1. The minimum absolute atomic E-state index is 0.217. The van der Waals surface area contributed by atoms with Gasteiger partial charge in [-0.25, -0.2) is 4.79 Å². The Morgan fingerprint density at radius 3 is 3.17 bits per heavy atom. The Labute approximate surface area is 136 Å². The standard InChI is InChI=1S/C19H20N2O2/c20-9-5-2-1-3-7-14-11-15-13-19(16(14)12-18(22)23-19)17-8-4-6-10-21(15)17/h11-12,15,17H,1-2,4-6,8,10,13H2/t15-,17-,19+/m1/s1. The van der Waals surface area contributed by atoms with Crippen LogP contribution in [0.25, 0.3) is 0 Å². The Balaban J connectivity index is 1.65. The molecule has 23 heavy (non-hydrogen) atoms. The van der Waals surface area contributed by atoms with Crippen LogP contribution in [0.1, 0.15) is 44.9 Å². The van der Waals surface area contributed by atoms with Gasteiger partial charge < -0.3 is 4.74 Å². The van der Waals surface area contributed by atoms with E-state index in [9.17, 15) is 4.79 Å². The summed E-state index contributed by atoms with van der Waals surface area (Å²) in [5, 5.41) is 8.58. The topological polar surface area (TPSA) is 53.3 Å². The Morgan fingerprint density at radius 1 is 1.39 bits per heavy atom. The summed E-state index contributed by atoms with van der Waals surface area (Å²) in [7, 11) is 0. The maximum Gasteiger partial charge on any atom is 0.332 e. The van der Waals surface area contributed by atoms with Crippen molar-refractivity contribution in [2.45, 2.75) is 62.6 Å². The number of unbranched alkanes of at least 4 members (excludes halogenated alkanes) is 2. The molecule has 0 amide bonds. The summed E-state index contributed by atoms with van der Waals surface area (Å²) in [5.74, 6) is 6.20. The fourth-order valence-corrected chi connectivity index (χ4v) is 4.58. The molecular weight excluding hydrogens is 288 g/mol. The molecule has 4 aliphatic rings. The van der Waals surface area contributed by atoms with Gasteiger partial charge in [0.05, 0.1) is 12.1 Å². The van der Waals surface area contributed by atoms with Gasteiger partial charge in [-0.1, -0.05) is 24.3 Å². The third-order valence-corrected chi connectivity index (χ3v) is 5.48. The summed E-state index contributed by atoms with van der Waals surface area (Å²) in [6, 6.07) is 2.79. The molecule has 2 saturated heterocycles. The molecule has 3 heterocycles. The SMILES string of the molecule is N#CCCCC#CC1=C[C@@H]2C[C@@]3(OC(=O)C=C13)[C@H]1CCCCN21. The van der Waals surface area contributed by atoms with E-state index >= 15 is 0 Å². The van der Waals surface area contributed by atoms with Crippen LogP contribution in [-0.2, 0) is 9.53 Å². The zero-order valence-electron chi connectivity index (χ0n) is 13.2. The van der Waals surface area contributed by atoms with Gasteiger partial charge in [-0.15, -0.1) is 0 Å². The molecule has 3 aliphatic heterocycles. The second kappa shape index (κ2) is 5.55. The maximum absolute atomic E-state index is 12.0. The van der Waals surface area contributed by atoms with Gasteiger partial charge in [0.1, 0.15) is 0 Å². The summed E-state index contributed by atoms with van der Waals surface area (Å²) < 4.78 is 5.86. The number of carbonyl (C=O) groups excluding carboxylic acids is 1. The molecule has 4 rings (SSSR count). The zero-order chi connectivity index (χ0) is 15.9. The fraction of sp³-hybridized carbons (Fsp3) is 0.579. The van der Waals surface area contributed by atoms with Gasteiger partial charge in [0.15, 0.2) is 5.60 Å². The van der Waals surface area contributed by atoms with E-state index in [-0.39, 0.29) is 5.97 Å². The van der Waals surface area contributed by atoms with Crippen molar-refractivity contribution >= 4 is 5.97 Å². The van der Waals surface area contributed by atoms with E-state index in [2.05, 4.69) is 28.9 Å². The van der Waals surface area contributed by atoms with Crippen LogP contribution in [0.5, 0.6) is 0 Å². The molecule has 0 aromatic carbocycles. The van der Waals surface area contributed by atoms with Gasteiger partial charge in [-0.05, 0) is 25.8 Å². The molecule has 2 fully saturated rings. The lowest BCUT2D eigenvalue weighted by Gasteiger charge is -2.38. The van der Waals surface area contributed by atoms with Crippen molar-refractivity contribution in [3.8, 4) is 17.9 Å². The van der Waals surface area contributed by atoms with E-state index in [4.69, 9.17) is 10.00 Å². The van der Waals surface area contributed by atoms with E-state index < -0.39 is 5.60 Å². The van der Waals surface area contributed by atoms with Gasteiger partial charge in [0, 0.05) is 42.5 Å². The number of piperidine rings is 1. The van der Waals surface area contributed by atoms with Crippen molar-refractivity contribution in [3.63, 3.8) is 0 Å². The highest BCUT2D eigenvalue weighted by atomic mass is 16.6. The number of hydrogen-bond acceptors (Lipinski definition) is 4. The highest BCUT2D eigenvalue weighted by molar-refractivity contribution is 5.90. The average Bonchev–Trinajstić information content (AvgIpc) is 3.03. The smallest absolute Gasteiger partial charge is 0.332 e. The minimum atomic E-state index is -0.451. The van der Waals surface area contributed by atoms with Crippen molar-refractivity contribution in [1.82, 2.24) is 4.90 Å². The summed E-state index contributed by atoms with van der Waals surface area (Å²) >= 11 is 0. The Morgan fingerprint density at radius 2 is 2.30 bits per heavy atom. The number of hydrogen-bond donors (Lipinski definition) is 0. The van der Waals surface area contributed by atoms with E-state index in [0.717, 1.165) is 43.4 Å². The number of ether oxygens (including phenoxy) is 1. The second-order valence-electron chi connectivity index (χ2n) is 6.78. The largest absolute Gasteiger partial charge is 0.449 e. The lowest BCUT2D eigenvalue weighted by molar-refractivity contribution is -0.148. The van der Waals surface area contributed by atoms with Gasteiger partial charge in [0.2, 0.25) is 0 Å². The molecule has 0 N–H and O–H groups in total. The van der Waals surface area contributed by atoms with Crippen LogP contribution in [0.4, 0.5) is 0 Å². The second-order valence-corrected chi connectivity index (χ2v) is 6.78. The molecule has 0 aromatic heterocycles. The first-order valence-corrected chi connectivity index (χ1v) is 8.53. The molecule has 2 bridgehead atoms. The first kappa shape index (κ1) is 14.5. The Bertz CT molecular complexity index is 703. The number of nitrogens with zero attached hydrogens (tertiary/aromatic N) is 2. The van der Waals surface area contributed by atoms with E-state index in [0.29, 0.717) is 18.5 Å². The Kier molecular flexibility index (Phi) is 3.51. The molecular formula is C19H20N2O2. The monoisotopic (exact) mass is 308 g/mol. The zero-order valence-corrected chi connectivity index (χ0v) is 13.2. The Hall–Kier alpha value is -2.04. The maximum atomic E-state index is 12.0. The molecule has 1 aliphatic carbocycles. The molecule has 118 valence electrons. The number of nitriles is 1. The van der Waals surface area contributed by atoms with Gasteiger partial charge in [0.25, 0.3) is 0 Å². The molecule has 0 aromatic rings. The van der Waals surface area contributed by atoms with Crippen molar-refractivity contribution in [1.29, 1.82) is 5.26 Å². The molecule has 0 unspecified atom stereocenters. The van der Waals surface area contributed by atoms with Crippen molar-refractivity contribution < 1.29 is 9.53 Å². The lowest BCUT2D eigenvalue weighted by atomic mass is 9.77. The quantitative estimate of drug-likeness (QED) is 0.447. The fourth-order valence-electron chi connectivity index (χ4n) is 4.58. The average molecular weight is 308 g/mol. The number of fused-ring (bicyclic) bond motifs is 3. The van der Waals surface area contributed by atoms with Crippen LogP contribution in [0.3, 0.4) is 0 Å². The van der Waals surface area contributed by atoms with Crippen LogP contribution in [0, 0.1) is 23.2 Å². The predicted molar refractivity (Wildman–Crippen MR) is 85.0 cm³/mol. The van der Waals surface area contributed by atoms with Crippen LogP contribution >= 0.6 is 0 Å². The van der Waals surface area contributed by atoms with Crippen molar-refractivity contribution in [3.05, 3.63) is 23.3 Å². The van der Waals surface area contributed by atoms with Crippen LogP contribution in [0.2, 0.25) is 0 Å². The first-order chi connectivity index (χ1) is 11.2. The molecule has 4 nitrogen and oxygen atoms in total. The highest BCUT2D eigenvalue weighted by Crippen LogP contribution is 2.53. The lowest BCUT2D eigenvalue weighted by Crippen LogP contribution is -2.48. The van der Waals surface area contributed by atoms with Gasteiger partial charge in [-0.3, -0.25) is 4.90 Å². The van der Waals surface area contributed by atoms with Crippen LogP contribution in [-0.4, -0.2) is 35.1 Å². The van der Waals surface area contributed by atoms with Crippen LogP contribution in [0.15, 0.2) is 23.3 Å². The summed E-state index contributed by atoms with van der Waals surface area (Å²) in [4.78, 5) is 14.5.